The number of hydrogen-bond acceptors (Lipinski definition) is 11. The van der Waals surface area contributed by atoms with Crippen molar-refractivity contribution in [2.45, 2.75) is 58.3 Å². The van der Waals surface area contributed by atoms with Crippen LogP contribution >= 0.6 is 8.18 Å². The van der Waals surface area contributed by atoms with Crippen LogP contribution in [0.5, 0.6) is 0 Å². The Morgan fingerprint density at radius 1 is 1.31 bits per heavy atom. The standard InChI is InChI=1S/C17H28FN7O6P/c1-8(2)30-16(27)9(3)24-32(28)29-6-11(10(4)26)31-12(5-18)25-7-21-13-14(19)22-17(20)23-15(13)25/h7-12,26H,5-6H2,1-4H3,(H,24,28)(H4,19,20,22,23)/q+1/t9-,10-,11?,12+/m0/s1. The fourth-order valence-electron chi connectivity index (χ4n) is 2.56. The van der Waals surface area contributed by atoms with E-state index in [2.05, 4.69) is 20.0 Å². The zero-order valence-corrected chi connectivity index (χ0v) is 19.0. The topological polar surface area (TPSA) is 190 Å². The van der Waals surface area contributed by atoms with Gasteiger partial charge < -0.3 is 26.0 Å². The first-order valence-corrected chi connectivity index (χ1v) is 10.9. The number of carbonyl (C=O) groups is 1. The molecule has 0 saturated carbocycles. The number of nitrogens with one attached hydrogen (secondary N) is 1. The molecule has 0 bridgehead atoms. The molecule has 0 aliphatic heterocycles. The molecule has 0 amide bonds. The van der Waals surface area contributed by atoms with Gasteiger partial charge >= 0.3 is 14.1 Å². The molecule has 32 heavy (non-hydrogen) atoms. The molecule has 2 unspecified atom stereocenters. The molecule has 178 valence electrons. The van der Waals surface area contributed by atoms with Gasteiger partial charge in [0.25, 0.3) is 0 Å². The molecule has 15 heteroatoms. The Kier molecular flexibility index (Phi) is 9.16. The number of fused-ring (bicyclic) bond motifs is 1. The number of aromatic nitrogens is 4. The van der Waals surface area contributed by atoms with E-state index in [4.69, 9.17) is 25.5 Å². The fourth-order valence-corrected chi connectivity index (χ4v) is 3.34. The molecule has 0 aromatic carbocycles. The lowest BCUT2D eigenvalue weighted by Crippen LogP contribution is -2.36. The first kappa shape index (κ1) is 25.7. The summed E-state index contributed by atoms with van der Waals surface area (Å²) in [7, 11) is -2.50. The first-order valence-electron chi connectivity index (χ1n) is 9.75. The van der Waals surface area contributed by atoms with Gasteiger partial charge in [0, 0.05) is 0 Å². The summed E-state index contributed by atoms with van der Waals surface area (Å²) >= 11 is 0. The number of carbonyl (C=O) groups excluding carboxylic acids is 1. The number of alkyl halides is 1. The molecule has 2 aromatic rings. The normalized spacial score (nSPS) is 16.0. The van der Waals surface area contributed by atoms with Gasteiger partial charge in [0.2, 0.25) is 5.95 Å². The Hall–Kier alpha value is -2.51. The molecular weight excluding hydrogens is 448 g/mol. The third-order valence-corrected chi connectivity index (χ3v) is 5.12. The Bertz CT molecular complexity index is 943. The first-order chi connectivity index (χ1) is 15.0. The van der Waals surface area contributed by atoms with Crippen molar-refractivity contribution in [3.63, 3.8) is 0 Å². The molecule has 2 aromatic heterocycles. The lowest BCUT2D eigenvalue weighted by atomic mass is 10.2. The summed E-state index contributed by atoms with van der Waals surface area (Å²) < 4.78 is 43.0. The van der Waals surface area contributed by atoms with Crippen molar-refractivity contribution < 1.29 is 32.9 Å². The zero-order valence-electron chi connectivity index (χ0n) is 18.1. The molecule has 2 heterocycles. The number of nitrogens with two attached hydrogens (primary N) is 2. The minimum absolute atomic E-state index is 0.0208. The average molecular weight is 476 g/mol. The van der Waals surface area contributed by atoms with Crippen molar-refractivity contribution in [3.05, 3.63) is 6.33 Å². The van der Waals surface area contributed by atoms with Crippen molar-refractivity contribution >= 4 is 37.1 Å². The predicted octanol–water partition coefficient (Wildman–Crippen LogP) is 0.829. The fraction of sp³-hybridized carbons (Fsp3) is 0.647. The van der Waals surface area contributed by atoms with E-state index < -0.39 is 45.3 Å². The lowest BCUT2D eigenvalue weighted by Gasteiger charge is -2.24. The van der Waals surface area contributed by atoms with Gasteiger partial charge in [-0.2, -0.15) is 9.97 Å². The summed E-state index contributed by atoms with van der Waals surface area (Å²) in [5.74, 6) is -0.703. The molecule has 5 atom stereocenters. The van der Waals surface area contributed by atoms with Crippen LogP contribution in [0, 0.1) is 0 Å². The lowest BCUT2D eigenvalue weighted by molar-refractivity contribution is -0.149. The number of aliphatic hydroxyl groups is 1. The van der Waals surface area contributed by atoms with Crippen LogP contribution < -0.4 is 16.6 Å². The van der Waals surface area contributed by atoms with E-state index >= 15 is 0 Å². The summed E-state index contributed by atoms with van der Waals surface area (Å²) in [5, 5.41) is 12.5. The average Bonchev–Trinajstić information content (AvgIpc) is 3.11. The summed E-state index contributed by atoms with van der Waals surface area (Å²) in [5.41, 5.74) is 11.7. The van der Waals surface area contributed by atoms with E-state index in [1.54, 1.807) is 13.8 Å². The van der Waals surface area contributed by atoms with Gasteiger partial charge in [0.05, 0.1) is 18.5 Å². The van der Waals surface area contributed by atoms with Crippen molar-refractivity contribution in [2.75, 3.05) is 24.7 Å². The van der Waals surface area contributed by atoms with Crippen LogP contribution in [0.4, 0.5) is 16.2 Å². The van der Waals surface area contributed by atoms with Crippen LogP contribution in [0.2, 0.25) is 0 Å². The number of hydrogen-bond donors (Lipinski definition) is 4. The predicted molar refractivity (Wildman–Crippen MR) is 113 cm³/mol. The van der Waals surface area contributed by atoms with Gasteiger partial charge in [-0.25, -0.2) is 9.37 Å². The number of anilines is 2. The third-order valence-electron chi connectivity index (χ3n) is 4.14. The number of halogens is 1. The van der Waals surface area contributed by atoms with Gasteiger partial charge in [0.15, 0.2) is 17.7 Å². The molecule has 0 aliphatic carbocycles. The minimum atomic E-state index is -2.50. The van der Waals surface area contributed by atoms with E-state index in [0.29, 0.717) is 0 Å². The van der Waals surface area contributed by atoms with Gasteiger partial charge in [-0.05, 0) is 32.3 Å². The van der Waals surface area contributed by atoms with Gasteiger partial charge in [-0.1, -0.05) is 5.09 Å². The van der Waals surface area contributed by atoms with Crippen LogP contribution in [-0.4, -0.2) is 68.2 Å². The van der Waals surface area contributed by atoms with Crippen molar-refractivity contribution in [2.24, 2.45) is 0 Å². The molecular formula is C17H28FN7O6P+. The Morgan fingerprint density at radius 2 is 2.00 bits per heavy atom. The summed E-state index contributed by atoms with van der Waals surface area (Å²) in [6.45, 7) is 4.86. The Labute approximate surface area is 184 Å². The van der Waals surface area contributed by atoms with E-state index in [0.717, 1.165) is 0 Å². The molecule has 0 spiro atoms. The molecule has 0 aliphatic rings. The van der Waals surface area contributed by atoms with Crippen LogP contribution in [-0.2, 0) is 23.4 Å². The number of ether oxygens (including phenoxy) is 2. The highest BCUT2D eigenvalue weighted by atomic mass is 31.1. The number of aliphatic hydroxyl groups excluding tert-OH is 1. The second kappa shape index (κ2) is 11.4. The summed E-state index contributed by atoms with van der Waals surface area (Å²) in [6, 6.07) is -0.890. The van der Waals surface area contributed by atoms with E-state index in [1.165, 1.54) is 24.7 Å². The van der Waals surface area contributed by atoms with Crippen molar-refractivity contribution in [3.8, 4) is 0 Å². The SMILES string of the molecule is CC(C)OC(=O)[C@H](C)N[P+](=O)OCC(O[C@H](CF)n1cnc2c(N)nc(N)nc21)[C@H](C)O. The quantitative estimate of drug-likeness (QED) is 0.250. The highest BCUT2D eigenvalue weighted by molar-refractivity contribution is 7.36. The number of esters is 1. The zero-order chi connectivity index (χ0) is 24.0. The Balaban J connectivity index is 2.05. The van der Waals surface area contributed by atoms with Crippen LogP contribution in [0.25, 0.3) is 11.2 Å². The molecule has 0 saturated heterocycles. The molecule has 13 nitrogen and oxygen atoms in total. The monoisotopic (exact) mass is 476 g/mol. The molecule has 6 N–H and O–H groups in total. The number of nitrogen functional groups attached to an aromatic ring is 2. The highest BCUT2D eigenvalue weighted by Gasteiger charge is 2.32. The Morgan fingerprint density at radius 3 is 2.59 bits per heavy atom. The van der Waals surface area contributed by atoms with Gasteiger partial charge in [-0.3, -0.25) is 9.36 Å². The van der Waals surface area contributed by atoms with E-state index in [9.17, 15) is 18.9 Å². The van der Waals surface area contributed by atoms with Crippen LogP contribution in [0.15, 0.2) is 6.33 Å². The maximum Gasteiger partial charge on any atom is 0.613 e. The van der Waals surface area contributed by atoms with Crippen LogP contribution in [0.3, 0.4) is 0 Å². The maximum atomic E-state index is 13.8. The van der Waals surface area contributed by atoms with Gasteiger partial charge in [-0.15, -0.1) is 4.52 Å². The van der Waals surface area contributed by atoms with Crippen molar-refractivity contribution in [1.29, 1.82) is 0 Å². The smallest absolute Gasteiger partial charge is 0.462 e. The molecule has 0 fully saturated rings. The highest BCUT2D eigenvalue weighted by Crippen LogP contribution is 2.25. The molecule has 2 rings (SSSR count). The molecule has 0 radical (unpaired) electrons. The maximum absolute atomic E-state index is 13.8. The number of nitrogens with zero attached hydrogens (tertiary/aromatic N) is 4. The largest absolute Gasteiger partial charge is 0.613 e. The second-order valence-corrected chi connectivity index (χ2v) is 8.24. The van der Waals surface area contributed by atoms with Gasteiger partial charge in [0.1, 0.15) is 30.9 Å². The second-order valence-electron chi connectivity index (χ2n) is 7.20. The number of rotatable bonds is 12. The third kappa shape index (κ3) is 6.74. The summed E-state index contributed by atoms with van der Waals surface area (Å²) in [6.07, 6.45) is -2.53. The van der Waals surface area contributed by atoms with E-state index in [1.807, 2.05) is 0 Å². The van der Waals surface area contributed by atoms with Crippen molar-refractivity contribution in [1.82, 2.24) is 24.6 Å². The van der Waals surface area contributed by atoms with Crippen LogP contribution in [0.1, 0.15) is 33.9 Å². The summed E-state index contributed by atoms with van der Waals surface area (Å²) in [4.78, 5) is 23.6. The minimum Gasteiger partial charge on any atom is -0.462 e. The van der Waals surface area contributed by atoms with E-state index in [-0.39, 0.29) is 35.6 Å². The number of imidazole rings is 1.